The number of urea groups is 1. The zero-order chi connectivity index (χ0) is 23.0. The maximum atomic E-state index is 12.9. The molecule has 9 nitrogen and oxygen atoms in total. The first-order valence-electron chi connectivity index (χ1n) is 11.9. The van der Waals surface area contributed by atoms with Gasteiger partial charge in [0.2, 0.25) is 5.91 Å². The summed E-state index contributed by atoms with van der Waals surface area (Å²) in [7, 11) is 0. The molecular weight excluding hydrogens is 422 g/mol. The number of carbonyl (C=O) groups is 3. The van der Waals surface area contributed by atoms with Crippen molar-refractivity contribution in [3.05, 3.63) is 40.4 Å². The number of nitrogens with one attached hydrogen (secondary N) is 2. The molecule has 174 valence electrons. The molecule has 0 bridgehead atoms. The molecule has 2 aliphatic carbocycles. The van der Waals surface area contributed by atoms with Crippen molar-refractivity contribution in [2.45, 2.75) is 69.4 Å². The first kappa shape index (κ1) is 21.6. The van der Waals surface area contributed by atoms with E-state index in [1.165, 1.54) is 4.90 Å². The number of hydrogen-bond donors (Lipinski definition) is 2. The monoisotopic (exact) mass is 451 g/mol. The third kappa shape index (κ3) is 4.12. The standard InChI is InChI=1S/C24H29N5O4/c30-20(25-14-5-15-28-22(32)24(27-23(28)33)12-3-4-13-24)11-10-19-26-18-7-2-1-6-17(18)21(31)29(19)16-8-9-16/h1-2,6-7,16H,3-5,8-15H2,(H,25,30)(H,27,33). The molecule has 2 aromatic rings. The average molecular weight is 452 g/mol. The third-order valence-corrected chi connectivity index (χ3v) is 6.95. The van der Waals surface area contributed by atoms with Crippen LogP contribution in [0.1, 0.15) is 63.2 Å². The van der Waals surface area contributed by atoms with Crippen LogP contribution in [0.2, 0.25) is 0 Å². The van der Waals surface area contributed by atoms with Gasteiger partial charge >= 0.3 is 6.03 Å². The number of hydrogen-bond acceptors (Lipinski definition) is 5. The fourth-order valence-corrected chi connectivity index (χ4v) is 5.05. The van der Waals surface area contributed by atoms with Gasteiger partial charge in [-0.05, 0) is 44.2 Å². The molecular formula is C24H29N5O4. The Morgan fingerprint density at radius 1 is 1.15 bits per heavy atom. The molecule has 1 aromatic heterocycles. The molecule has 1 aromatic carbocycles. The highest BCUT2D eigenvalue weighted by Gasteiger charge is 2.52. The molecule has 0 radical (unpaired) electrons. The van der Waals surface area contributed by atoms with E-state index in [4.69, 9.17) is 0 Å². The normalized spacial score (nSPS) is 19.5. The van der Waals surface area contributed by atoms with Gasteiger partial charge in [-0.25, -0.2) is 9.78 Å². The Bertz CT molecular complexity index is 1160. The Kier molecular flexibility index (Phi) is 5.64. The number of aromatic nitrogens is 2. The summed E-state index contributed by atoms with van der Waals surface area (Å²) in [6, 6.07) is 7.16. The highest BCUT2D eigenvalue weighted by molar-refractivity contribution is 6.07. The molecule has 0 unspecified atom stereocenters. The summed E-state index contributed by atoms with van der Waals surface area (Å²) in [5, 5.41) is 6.34. The summed E-state index contributed by atoms with van der Waals surface area (Å²) in [5.74, 6) is 0.388. The van der Waals surface area contributed by atoms with Gasteiger partial charge in [0.05, 0.1) is 10.9 Å². The van der Waals surface area contributed by atoms with E-state index >= 15 is 0 Å². The van der Waals surface area contributed by atoms with Crippen LogP contribution in [0.4, 0.5) is 4.79 Å². The van der Waals surface area contributed by atoms with Crippen LogP contribution in [0.15, 0.2) is 29.1 Å². The lowest BCUT2D eigenvalue weighted by Crippen LogP contribution is -2.44. The van der Waals surface area contributed by atoms with Crippen LogP contribution in [-0.2, 0) is 16.0 Å². The van der Waals surface area contributed by atoms with E-state index in [2.05, 4.69) is 15.6 Å². The van der Waals surface area contributed by atoms with Crippen molar-refractivity contribution in [1.29, 1.82) is 0 Å². The summed E-state index contributed by atoms with van der Waals surface area (Å²) in [4.78, 5) is 56.1. The summed E-state index contributed by atoms with van der Waals surface area (Å²) in [6.45, 7) is 0.670. The van der Waals surface area contributed by atoms with E-state index in [-0.39, 0.29) is 35.9 Å². The molecule has 2 saturated carbocycles. The van der Waals surface area contributed by atoms with Crippen molar-refractivity contribution in [3.8, 4) is 0 Å². The number of amides is 4. The first-order valence-corrected chi connectivity index (χ1v) is 11.9. The first-order chi connectivity index (χ1) is 16.0. The second-order valence-corrected chi connectivity index (χ2v) is 9.33. The average Bonchev–Trinajstić information content (AvgIpc) is 3.48. The number of nitrogens with zero attached hydrogens (tertiary/aromatic N) is 3. The van der Waals surface area contributed by atoms with Gasteiger partial charge in [-0.15, -0.1) is 0 Å². The predicted octanol–water partition coefficient (Wildman–Crippen LogP) is 2.03. The van der Waals surface area contributed by atoms with Gasteiger partial charge in [0.15, 0.2) is 0 Å². The second kappa shape index (κ2) is 8.61. The molecule has 3 fully saturated rings. The number of rotatable bonds is 8. The van der Waals surface area contributed by atoms with E-state index in [0.717, 1.165) is 25.7 Å². The number of fused-ring (bicyclic) bond motifs is 1. The summed E-state index contributed by atoms with van der Waals surface area (Å²) < 4.78 is 1.76. The van der Waals surface area contributed by atoms with Crippen molar-refractivity contribution in [2.24, 2.45) is 0 Å². The van der Waals surface area contributed by atoms with E-state index in [0.29, 0.717) is 55.5 Å². The Labute approximate surface area is 191 Å². The number of aryl methyl sites for hydroxylation is 1. The van der Waals surface area contributed by atoms with Crippen LogP contribution < -0.4 is 16.2 Å². The van der Waals surface area contributed by atoms with Crippen molar-refractivity contribution in [2.75, 3.05) is 13.1 Å². The summed E-state index contributed by atoms with van der Waals surface area (Å²) in [5.41, 5.74) is -0.0691. The van der Waals surface area contributed by atoms with E-state index < -0.39 is 5.54 Å². The van der Waals surface area contributed by atoms with Crippen LogP contribution in [0.5, 0.6) is 0 Å². The van der Waals surface area contributed by atoms with Crippen molar-refractivity contribution < 1.29 is 14.4 Å². The van der Waals surface area contributed by atoms with E-state index in [9.17, 15) is 19.2 Å². The molecule has 33 heavy (non-hydrogen) atoms. The molecule has 1 spiro atoms. The van der Waals surface area contributed by atoms with E-state index in [1.54, 1.807) is 10.6 Å². The van der Waals surface area contributed by atoms with Crippen LogP contribution in [0, 0.1) is 0 Å². The smallest absolute Gasteiger partial charge is 0.325 e. The predicted molar refractivity (Wildman–Crippen MR) is 122 cm³/mol. The maximum absolute atomic E-state index is 12.9. The van der Waals surface area contributed by atoms with Gasteiger partial charge in [0, 0.05) is 32.0 Å². The fraction of sp³-hybridized carbons (Fsp3) is 0.542. The van der Waals surface area contributed by atoms with Gasteiger partial charge in [-0.3, -0.25) is 23.9 Å². The topological polar surface area (TPSA) is 113 Å². The summed E-state index contributed by atoms with van der Waals surface area (Å²) >= 11 is 0. The second-order valence-electron chi connectivity index (χ2n) is 9.33. The van der Waals surface area contributed by atoms with Gasteiger partial charge < -0.3 is 10.6 Å². The summed E-state index contributed by atoms with van der Waals surface area (Å²) in [6.07, 6.45) is 6.36. The SMILES string of the molecule is O=C(CCc1nc2ccccc2c(=O)n1C1CC1)NCCCN1C(=O)NC2(CCCC2)C1=O. The Hall–Kier alpha value is -3.23. The molecule has 2 heterocycles. The van der Waals surface area contributed by atoms with Gasteiger partial charge in [0.25, 0.3) is 11.5 Å². The molecule has 2 N–H and O–H groups in total. The zero-order valence-corrected chi connectivity index (χ0v) is 18.6. The minimum Gasteiger partial charge on any atom is -0.356 e. The van der Waals surface area contributed by atoms with Crippen molar-refractivity contribution in [3.63, 3.8) is 0 Å². The maximum Gasteiger partial charge on any atom is 0.325 e. The molecule has 1 aliphatic heterocycles. The minimum atomic E-state index is -0.690. The number of para-hydroxylation sites is 1. The molecule has 3 aliphatic rings. The van der Waals surface area contributed by atoms with Gasteiger partial charge in [0.1, 0.15) is 11.4 Å². The molecule has 0 atom stereocenters. The quantitative estimate of drug-likeness (QED) is 0.471. The molecule has 1 saturated heterocycles. The lowest BCUT2D eigenvalue weighted by Gasteiger charge is -2.20. The Balaban J connectivity index is 1.13. The Morgan fingerprint density at radius 3 is 2.67 bits per heavy atom. The van der Waals surface area contributed by atoms with Crippen LogP contribution >= 0.6 is 0 Å². The van der Waals surface area contributed by atoms with Crippen LogP contribution in [-0.4, -0.2) is 50.9 Å². The molecule has 9 heteroatoms. The largest absolute Gasteiger partial charge is 0.356 e. The fourth-order valence-electron chi connectivity index (χ4n) is 5.05. The molecule has 4 amide bonds. The van der Waals surface area contributed by atoms with Crippen molar-refractivity contribution >= 4 is 28.7 Å². The number of imide groups is 1. The minimum absolute atomic E-state index is 0.0351. The Morgan fingerprint density at radius 2 is 1.91 bits per heavy atom. The third-order valence-electron chi connectivity index (χ3n) is 6.95. The van der Waals surface area contributed by atoms with Crippen LogP contribution in [0.25, 0.3) is 10.9 Å². The zero-order valence-electron chi connectivity index (χ0n) is 18.6. The van der Waals surface area contributed by atoms with Gasteiger partial charge in [-0.1, -0.05) is 25.0 Å². The molecule has 5 rings (SSSR count). The highest BCUT2D eigenvalue weighted by Crippen LogP contribution is 2.35. The number of benzene rings is 1. The lowest BCUT2D eigenvalue weighted by atomic mass is 9.98. The van der Waals surface area contributed by atoms with E-state index in [1.807, 2.05) is 18.2 Å². The van der Waals surface area contributed by atoms with Gasteiger partial charge in [-0.2, -0.15) is 0 Å². The lowest BCUT2D eigenvalue weighted by molar-refractivity contribution is -0.131. The van der Waals surface area contributed by atoms with Crippen LogP contribution in [0.3, 0.4) is 0 Å². The van der Waals surface area contributed by atoms with Crippen molar-refractivity contribution in [1.82, 2.24) is 25.1 Å². The highest BCUT2D eigenvalue weighted by atomic mass is 16.2. The number of carbonyl (C=O) groups excluding carboxylic acids is 3.